The number of fused-ring (bicyclic) bond motifs is 1. The Bertz CT molecular complexity index is 1910. The van der Waals surface area contributed by atoms with Crippen molar-refractivity contribution in [2.75, 3.05) is 46.4 Å². The Kier molecular flexibility index (Phi) is 10.4. The monoisotopic (exact) mass is 732 g/mol. The quantitative estimate of drug-likeness (QED) is 0.272. The first-order valence-electron chi connectivity index (χ1n) is 19.2. The predicted octanol–water partition coefficient (Wildman–Crippen LogP) is 5.33. The van der Waals surface area contributed by atoms with Crippen molar-refractivity contribution in [2.45, 2.75) is 103 Å². The first-order valence-corrected chi connectivity index (χ1v) is 19.2. The van der Waals surface area contributed by atoms with Crippen LogP contribution in [0.1, 0.15) is 89.4 Å². The van der Waals surface area contributed by atoms with Crippen molar-refractivity contribution in [1.29, 1.82) is 0 Å². The van der Waals surface area contributed by atoms with Gasteiger partial charge in [0.05, 0.1) is 24.7 Å². The molecule has 2 atom stereocenters. The number of nitrogens with zero attached hydrogens (tertiary/aromatic N) is 6. The van der Waals surface area contributed by atoms with Crippen LogP contribution in [0.4, 0.5) is 9.18 Å². The average molecular weight is 733 g/mol. The fourth-order valence-electron chi connectivity index (χ4n) is 8.23. The number of benzene rings is 2. The molecule has 3 aliphatic heterocycles. The zero-order valence-corrected chi connectivity index (χ0v) is 31.7. The van der Waals surface area contributed by atoms with Gasteiger partial charge in [0.2, 0.25) is 5.91 Å². The number of imidazole rings is 1. The van der Waals surface area contributed by atoms with Crippen molar-refractivity contribution in [3.63, 3.8) is 0 Å². The summed E-state index contributed by atoms with van der Waals surface area (Å²) in [5, 5.41) is 0. The number of halogens is 1. The molecule has 1 aliphatic carbocycles. The number of carbonyl (C=O) groups excluding carboxylic acids is 3. The molecule has 3 amide bonds. The van der Waals surface area contributed by atoms with Gasteiger partial charge in [-0.15, -0.1) is 0 Å². The molecule has 0 N–H and O–H groups in total. The summed E-state index contributed by atoms with van der Waals surface area (Å²) in [6.07, 6.45) is 3.67. The molecule has 3 saturated heterocycles. The topological polar surface area (TPSA) is 110 Å². The van der Waals surface area contributed by atoms with Gasteiger partial charge in [-0.2, -0.15) is 0 Å². The lowest BCUT2D eigenvalue weighted by molar-refractivity contribution is -0.151. The SMILES string of the molecule is COc1ccc(CN2C(=O)CCC(n3c(=O)n(C4CC4)c4cc(CN5CCN(CC6CCN(C(=O)OC(C)(C)C)CC6)[C@@H](C)C5)c(F)cc43)C2=O)cc1. The molecule has 0 radical (unpaired) electrons. The maximum Gasteiger partial charge on any atom is 0.410 e. The zero-order chi connectivity index (χ0) is 37.6. The van der Waals surface area contributed by atoms with Gasteiger partial charge in [-0.25, -0.2) is 14.0 Å². The highest BCUT2D eigenvalue weighted by molar-refractivity contribution is 6.00. The van der Waals surface area contributed by atoms with Crippen molar-refractivity contribution in [3.05, 3.63) is 63.8 Å². The molecule has 12 nitrogen and oxygen atoms in total. The Balaban J connectivity index is 1.03. The van der Waals surface area contributed by atoms with E-state index in [2.05, 4.69) is 16.7 Å². The summed E-state index contributed by atoms with van der Waals surface area (Å²) in [4.78, 5) is 61.3. The predicted molar refractivity (Wildman–Crippen MR) is 198 cm³/mol. The van der Waals surface area contributed by atoms with Crippen molar-refractivity contribution >= 4 is 28.9 Å². The van der Waals surface area contributed by atoms with Crippen LogP contribution in [-0.4, -0.2) is 105 Å². The summed E-state index contributed by atoms with van der Waals surface area (Å²) in [5.41, 5.74) is 1.52. The third-order valence-electron chi connectivity index (χ3n) is 11.3. The van der Waals surface area contributed by atoms with E-state index in [1.807, 2.05) is 43.9 Å². The van der Waals surface area contributed by atoms with E-state index in [4.69, 9.17) is 9.47 Å². The molecule has 4 fully saturated rings. The minimum absolute atomic E-state index is 0.0138. The molecule has 286 valence electrons. The Morgan fingerprint density at radius 1 is 0.887 bits per heavy atom. The van der Waals surface area contributed by atoms with Crippen molar-refractivity contribution in [2.24, 2.45) is 5.92 Å². The molecular weight excluding hydrogens is 679 g/mol. The Hall–Kier alpha value is -4.23. The summed E-state index contributed by atoms with van der Waals surface area (Å²) in [7, 11) is 1.57. The highest BCUT2D eigenvalue weighted by atomic mass is 19.1. The summed E-state index contributed by atoms with van der Waals surface area (Å²) in [6.45, 7) is 13.2. The van der Waals surface area contributed by atoms with Gasteiger partial charge in [-0.3, -0.25) is 33.4 Å². The van der Waals surface area contributed by atoms with Gasteiger partial charge >= 0.3 is 11.8 Å². The third kappa shape index (κ3) is 8.01. The Morgan fingerprint density at radius 2 is 1.58 bits per heavy atom. The van der Waals surface area contributed by atoms with Crippen LogP contribution < -0.4 is 10.4 Å². The van der Waals surface area contributed by atoms with Gasteiger partial charge in [-0.05, 0) is 89.5 Å². The molecule has 0 bridgehead atoms. The molecule has 53 heavy (non-hydrogen) atoms. The number of amides is 3. The molecule has 4 heterocycles. The number of ether oxygens (including phenoxy) is 2. The Labute approximate surface area is 310 Å². The van der Waals surface area contributed by atoms with E-state index in [0.29, 0.717) is 47.9 Å². The van der Waals surface area contributed by atoms with E-state index >= 15 is 4.39 Å². The number of piperazine rings is 1. The third-order valence-corrected chi connectivity index (χ3v) is 11.3. The van der Waals surface area contributed by atoms with Crippen molar-refractivity contribution in [3.8, 4) is 5.75 Å². The Morgan fingerprint density at radius 3 is 2.23 bits per heavy atom. The van der Waals surface area contributed by atoms with E-state index in [1.54, 1.807) is 23.8 Å². The van der Waals surface area contributed by atoms with Crippen molar-refractivity contribution < 1.29 is 28.2 Å². The lowest BCUT2D eigenvalue weighted by Crippen LogP contribution is -2.53. The molecule has 1 saturated carbocycles. The molecule has 3 aromatic rings. The highest BCUT2D eigenvalue weighted by Crippen LogP contribution is 2.38. The lowest BCUT2D eigenvalue weighted by atomic mass is 9.95. The molecule has 13 heteroatoms. The fourth-order valence-corrected chi connectivity index (χ4v) is 8.23. The van der Waals surface area contributed by atoms with Crippen LogP contribution in [-0.2, 0) is 27.4 Å². The number of hydrogen-bond acceptors (Lipinski definition) is 8. The number of rotatable bonds is 9. The van der Waals surface area contributed by atoms with Crippen molar-refractivity contribution in [1.82, 2.24) is 28.7 Å². The van der Waals surface area contributed by atoms with E-state index in [-0.39, 0.29) is 49.2 Å². The number of imide groups is 1. The first-order chi connectivity index (χ1) is 25.3. The fraction of sp³-hybridized carbons (Fsp3) is 0.600. The average Bonchev–Trinajstić information content (AvgIpc) is 3.91. The highest BCUT2D eigenvalue weighted by Gasteiger charge is 2.40. The van der Waals surface area contributed by atoms with Gasteiger partial charge < -0.3 is 14.4 Å². The van der Waals surface area contributed by atoms with Crippen LogP contribution in [0.3, 0.4) is 0 Å². The second-order valence-electron chi connectivity index (χ2n) is 16.4. The summed E-state index contributed by atoms with van der Waals surface area (Å²) in [6, 6.07) is 9.81. The summed E-state index contributed by atoms with van der Waals surface area (Å²) >= 11 is 0. The summed E-state index contributed by atoms with van der Waals surface area (Å²) in [5.74, 6) is 0.0483. The molecule has 4 aliphatic rings. The standard InChI is InChI=1S/C40H53FN6O6/c1-26-22-42(18-19-44(26)23-28-14-16-43(17-15-28)39(51)53-40(2,3)4)25-29-20-34-35(21-32(29)41)47(38(50)46(34)30-8-9-30)33-12-13-36(48)45(37(33)49)24-27-6-10-31(52-5)11-7-27/h6-7,10-11,20-21,26,28,30,33H,8-9,12-19,22-25H2,1-5H3/t26-,33?/m0/s1. The van der Waals surface area contributed by atoms with E-state index in [1.165, 1.54) is 15.5 Å². The number of likely N-dealkylation sites (tertiary alicyclic amines) is 2. The largest absolute Gasteiger partial charge is 0.497 e. The first kappa shape index (κ1) is 37.1. The smallest absolute Gasteiger partial charge is 0.410 e. The molecule has 1 unspecified atom stereocenters. The second-order valence-corrected chi connectivity index (χ2v) is 16.4. The number of piperidine rings is 2. The number of carbonyl (C=O) groups is 3. The lowest BCUT2D eigenvalue weighted by Gasteiger charge is -2.42. The van der Waals surface area contributed by atoms with Crippen LogP contribution in [0, 0.1) is 11.7 Å². The van der Waals surface area contributed by atoms with Crippen LogP contribution in [0.2, 0.25) is 0 Å². The maximum atomic E-state index is 16.1. The van der Waals surface area contributed by atoms with Gasteiger partial charge in [0.25, 0.3) is 5.91 Å². The van der Waals surface area contributed by atoms with Crippen LogP contribution in [0.25, 0.3) is 11.0 Å². The van der Waals surface area contributed by atoms with Gasteiger partial charge in [0.1, 0.15) is 23.2 Å². The zero-order valence-electron chi connectivity index (χ0n) is 31.7. The van der Waals surface area contributed by atoms with Gasteiger partial charge in [0.15, 0.2) is 0 Å². The number of hydrogen-bond donors (Lipinski definition) is 0. The van der Waals surface area contributed by atoms with E-state index < -0.39 is 23.4 Å². The maximum absolute atomic E-state index is 16.1. The minimum atomic E-state index is -0.898. The summed E-state index contributed by atoms with van der Waals surface area (Å²) < 4.78 is 30.0. The number of methoxy groups -OCH3 is 1. The van der Waals surface area contributed by atoms with Crippen LogP contribution >= 0.6 is 0 Å². The molecule has 1 aromatic heterocycles. The van der Waals surface area contributed by atoms with E-state index in [0.717, 1.165) is 57.4 Å². The van der Waals surface area contributed by atoms with E-state index in [9.17, 15) is 19.2 Å². The molecule has 7 rings (SSSR count). The normalized spacial score (nSPS) is 22.5. The molecule has 0 spiro atoms. The van der Waals surface area contributed by atoms with Gasteiger partial charge in [0, 0.05) is 75.9 Å². The molecule has 2 aromatic carbocycles. The second kappa shape index (κ2) is 14.9. The number of aromatic nitrogens is 2. The molecular formula is C40H53FN6O6. The van der Waals surface area contributed by atoms with Crippen LogP contribution in [0.15, 0.2) is 41.2 Å². The van der Waals surface area contributed by atoms with Gasteiger partial charge in [-0.1, -0.05) is 12.1 Å². The van der Waals surface area contributed by atoms with Crippen LogP contribution in [0.5, 0.6) is 5.75 Å². The minimum Gasteiger partial charge on any atom is -0.497 e.